The molecule has 1 rings (SSSR count). The molecule has 0 aromatic carbocycles. The first-order valence-corrected chi connectivity index (χ1v) is 6.87. The summed E-state index contributed by atoms with van der Waals surface area (Å²) in [7, 11) is 0. The highest BCUT2D eigenvalue weighted by atomic mass is 32.2. The summed E-state index contributed by atoms with van der Waals surface area (Å²) >= 11 is 1.47. The average molecular weight is 256 g/mol. The van der Waals surface area contributed by atoms with Crippen molar-refractivity contribution in [1.29, 1.82) is 0 Å². The van der Waals surface area contributed by atoms with E-state index in [1.54, 1.807) is 0 Å². The molecule has 0 saturated carbocycles. The fraction of sp³-hybridized carbons (Fsp3) is 0.667. The molecule has 2 N–H and O–H groups in total. The molecule has 0 fully saturated rings. The van der Waals surface area contributed by atoms with E-state index in [1.807, 2.05) is 13.8 Å². The van der Waals surface area contributed by atoms with Gasteiger partial charge in [0.05, 0.1) is 5.56 Å². The second-order valence-corrected chi connectivity index (χ2v) is 5.68. The Hall–Kier alpha value is -0.970. The molecule has 0 amide bonds. The normalized spacial score (nSPS) is 14.6. The van der Waals surface area contributed by atoms with Crippen LogP contribution in [0.4, 0.5) is 0 Å². The third-order valence-electron chi connectivity index (χ3n) is 2.91. The van der Waals surface area contributed by atoms with Crippen molar-refractivity contribution in [2.24, 2.45) is 0 Å². The minimum Gasteiger partial charge on any atom is -0.493 e. The maximum atomic E-state index is 11.9. The Balaban J connectivity index is 3.05. The van der Waals surface area contributed by atoms with Crippen LogP contribution in [0, 0.1) is 0 Å². The van der Waals surface area contributed by atoms with Crippen molar-refractivity contribution in [3.63, 3.8) is 0 Å². The quantitative estimate of drug-likeness (QED) is 0.628. The molecule has 0 spiro atoms. The van der Waals surface area contributed by atoms with Gasteiger partial charge in [0.25, 0.3) is 5.56 Å². The fourth-order valence-corrected chi connectivity index (χ4v) is 2.27. The number of H-pyrrole nitrogens is 1. The van der Waals surface area contributed by atoms with Gasteiger partial charge >= 0.3 is 0 Å². The van der Waals surface area contributed by atoms with Crippen molar-refractivity contribution in [2.45, 2.75) is 56.9 Å². The number of hydrogen-bond donors (Lipinski definition) is 2. The minimum atomic E-state index is -0.224. The smallest absolute Gasteiger partial charge is 0.258 e. The van der Waals surface area contributed by atoms with E-state index in [9.17, 15) is 9.90 Å². The number of aromatic nitrogens is 2. The molecule has 5 heteroatoms. The summed E-state index contributed by atoms with van der Waals surface area (Å²) in [5.74, 6) is -0.109. The summed E-state index contributed by atoms with van der Waals surface area (Å²) in [6, 6.07) is 0. The van der Waals surface area contributed by atoms with E-state index in [-0.39, 0.29) is 17.4 Å². The summed E-state index contributed by atoms with van der Waals surface area (Å²) in [6.45, 7) is 8.02. The Morgan fingerprint density at radius 2 is 2.00 bits per heavy atom. The lowest BCUT2D eigenvalue weighted by Crippen LogP contribution is -2.17. The van der Waals surface area contributed by atoms with Crippen LogP contribution >= 0.6 is 11.8 Å². The van der Waals surface area contributed by atoms with Gasteiger partial charge in [-0.15, -0.1) is 0 Å². The summed E-state index contributed by atoms with van der Waals surface area (Å²) in [6.07, 6.45) is 1.79. The predicted octanol–water partition coefficient (Wildman–Crippen LogP) is 2.88. The maximum absolute atomic E-state index is 11.9. The molecule has 0 unspecified atom stereocenters. The van der Waals surface area contributed by atoms with Gasteiger partial charge in [0.15, 0.2) is 5.16 Å². The van der Waals surface area contributed by atoms with Gasteiger partial charge in [0, 0.05) is 5.25 Å². The molecule has 2 atom stereocenters. The lowest BCUT2D eigenvalue weighted by Gasteiger charge is -2.11. The van der Waals surface area contributed by atoms with Gasteiger partial charge in [0.1, 0.15) is 0 Å². The molecule has 4 nitrogen and oxygen atoms in total. The van der Waals surface area contributed by atoms with Crippen LogP contribution in [0.3, 0.4) is 0 Å². The first-order valence-electron chi connectivity index (χ1n) is 5.99. The van der Waals surface area contributed by atoms with Crippen LogP contribution in [-0.4, -0.2) is 20.3 Å². The molecular formula is C12H20N2O2S. The first kappa shape index (κ1) is 14.1. The molecule has 0 aliphatic rings. The predicted molar refractivity (Wildman–Crippen MR) is 70.8 cm³/mol. The third-order valence-corrected chi connectivity index (χ3v) is 4.06. The van der Waals surface area contributed by atoms with E-state index >= 15 is 0 Å². The Kier molecular flexibility index (Phi) is 5.05. The van der Waals surface area contributed by atoms with E-state index in [0.717, 1.165) is 12.8 Å². The van der Waals surface area contributed by atoms with Crippen LogP contribution in [0.5, 0.6) is 5.88 Å². The SMILES string of the molecule is CC[C@@H](C)Sc1nc(O)c([C@@H](C)CC)c(=O)[nH]1. The van der Waals surface area contributed by atoms with Crippen molar-refractivity contribution < 1.29 is 5.11 Å². The molecule has 0 saturated heterocycles. The first-order chi connectivity index (χ1) is 7.99. The number of nitrogens with one attached hydrogen (secondary N) is 1. The van der Waals surface area contributed by atoms with Crippen molar-refractivity contribution in [2.75, 3.05) is 0 Å². The molecule has 17 heavy (non-hydrogen) atoms. The number of hydrogen-bond acceptors (Lipinski definition) is 4. The van der Waals surface area contributed by atoms with E-state index < -0.39 is 0 Å². The highest BCUT2D eigenvalue weighted by molar-refractivity contribution is 7.99. The molecule has 0 aliphatic heterocycles. The highest BCUT2D eigenvalue weighted by Gasteiger charge is 2.16. The van der Waals surface area contributed by atoms with Crippen LogP contribution in [0.15, 0.2) is 9.95 Å². The number of aromatic hydroxyl groups is 1. The fourth-order valence-electron chi connectivity index (χ4n) is 1.43. The van der Waals surface area contributed by atoms with Gasteiger partial charge in [-0.3, -0.25) is 4.79 Å². The number of aromatic amines is 1. The van der Waals surface area contributed by atoms with Gasteiger partial charge in [0.2, 0.25) is 5.88 Å². The topological polar surface area (TPSA) is 66.0 Å². The van der Waals surface area contributed by atoms with Crippen LogP contribution < -0.4 is 5.56 Å². The van der Waals surface area contributed by atoms with Crippen LogP contribution in [0.25, 0.3) is 0 Å². The van der Waals surface area contributed by atoms with Crippen molar-refractivity contribution in [3.05, 3.63) is 15.9 Å². The number of rotatable bonds is 5. The largest absolute Gasteiger partial charge is 0.493 e. The summed E-state index contributed by atoms with van der Waals surface area (Å²) in [5.41, 5.74) is 0.165. The zero-order valence-electron chi connectivity index (χ0n) is 10.8. The van der Waals surface area contributed by atoms with E-state index in [4.69, 9.17) is 0 Å². The van der Waals surface area contributed by atoms with Crippen LogP contribution in [0.1, 0.15) is 52.0 Å². The molecule has 1 aromatic rings. The molecular weight excluding hydrogens is 236 g/mol. The Bertz CT molecular complexity index is 431. The van der Waals surface area contributed by atoms with Crippen LogP contribution in [-0.2, 0) is 0 Å². The standard InChI is InChI=1S/C12H20N2O2S/c1-5-7(3)9-10(15)13-12(14-11(9)16)17-8(4)6-2/h7-8H,5-6H2,1-4H3,(H2,13,14,15,16)/t7-,8+/m0/s1. The molecule has 1 aromatic heterocycles. The Morgan fingerprint density at radius 3 is 2.47 bits per heavy atom. The second kappa shape index (κ2) is 6.10. The summed E-state index contributed by atoms with van der Waals surface area (Å²) < 4.78 is 0. The van der Waals surface area contributed by atoms with E-state index in [2.05, 4.69) is 23.8 Å². The van der Waals surface area contributed by atoms with Crippen molar-refractivity contribution in [3.8, 4) is 5.88 Å². The van der Waals surface area contributed by atoms with Crippen molar-refractivity contribution >= 4 is 11.8 Å². The lowest BCUT2D eigenvalue weighted by molar-refractivity contribution is 0.429. The summed E-state index contributed by atoms with van der Waals surface area (Å²) in [4.78, 5) is 18.6. The minimum absolute atomic E-state index is 0.0221. The molecule has 96 valence electrons. The highest BCUT2D eigenvalue weighted by Crippen LogP contribution is 2.26. The molecule has 0 radical (unpaired) electrons. The molecule has 1 heterocycles. The van der Waals surface area contributed by atoms with E-state index in [1.165, 1.54) is 11.8 Å². The zero-order valence-corrected chi connectivity index (χ0v) is 11.6. The van der Waals surface area contributed by atoms with Gasteiger partial charge < -0.3 is 10.1 Å². The number of thioether (sulfide) groups is 1. The van der Waals surface area contributed by atoms with Gasteiger partial charge in [-0.25, -0.2) is 0 Å². The van der Waals surface area contributed by atoms with Gasteiger partial charge in [-0.05, 0) is 18.8 Å². The lowest BCUT2D eigenvalue weighted by atomic mass is 10.0. The Morgan fingerprint density at radius 1 is 1.35 bits per heavy atom. The second-order valence-electron chi connectivity index (χ2n) is 4.25. The van der Waals surface area contributed by atoms with Crippen molar-refractivity contribution in [1.82, 2.24) is 9.97 Å². The number of nitrogens with zero attached hydrogens (tertiary/aromatic N) is 1. The molecule has 0 bridgehead atoms. The Labute approximate surface area is 106 Å². The zero-order chi connectivity index (χ0) is 13.0. The van der Waals surface area contributed by atoms with E-state index in [0.29, 0.717) is 16.0 Å². The summed E-state index contributed by atoms with van der Waals surface area (Å²) in [5, 5.41) is 10.7. The average Bonchev–Trinajstić information content (AvgIpc) is 2.27. The maximum Gasteiger partial charge on any atom is 0.258 e. The van der Waals surface area contributed by atoms with Gasteiger partial charge in [-0.2, -0.15) is 4.98 Å². The monoisotopic (exact) mass is 256 g/mol. The van der Waals surface area contributed by atoms with Crippen LogP contribution in [0.2, 0.25) is 0 Å². The van der Waals surface area contributed by atoms with Gasteiger partial charge in [-0.1, -0.05) is 39.5 Å². The third kappa shape index (κ3) is 3.49. The molecule has 0 aliphatic carbocycles.